The molecule has 1 rings (SSSR count). The molecule has 0 aliphatic carbocycles. The molecule has 0 saturated carbocycles. The number of anilines is 1. The standard InChI is InChI=1S/C6H11N3O2S/c1-10-5(11-2)3-7-6-9-8-4-12-6/h4-5H,3H2,1-2H3,(H,7,9). The third kappa shape index (κ3) is 2.72. The van der Waals surface area contributed by atoms with Crippen molar-refractivity contribution in [2.45, 2.75) is 6.29 Å². The predicted octanol–water partition coefficient (Wildman–Crippen LogP) is 0.569. The van der Waals surface area contributed by atoms with Crippen molar-refractivity contribution in [2.75, 3.05) is 26.1 Å². The molecule has 0 bridgehead atoms. The van der Waals surface area contributed by atoms with Crippen molar-refractivity contribution >= 4 is 16.5 Å². The summed E-state index contributed by atoms with van der Waals surface area (Å²) >= 11 is 1.44. The first kappa shape index (κ1) is 9.37. The molecule has 1 heterocycles. The van der Waals surface area contributed by atoms with Gasteiger partial charge in [0.15, 0.2) is 6.29 Å². The zero-order valence-electron chi connectivity index (χ0n) is 6.98. The van der Waals surface area contributed by atoms with E-state index in [1.54, 1.807) is 19.7 Å². The molecule has 0 spiro atoms. The first-order valence-electron chi connectivity index (χ1n) is 3.42. The SMILES string of the molecule is COC(CNc1nncs1)OC. The van der Waals surface area contributed by atoms with Crippen molar-refractivity contribution in [3.8, 4) is 0 Å². The lowest BCUT2D eigenvalue weighted by molar-refractivity contribution is -0.0914. The summed E-state index contributed by atoms with van der Waals surface area (Å²) in [4.78, 5) is 0. The molecule has 5 nitrogen and oxygen atoms in total. The van der Waals surface area contributed by atoms with E-state index in [1.165, 1.54) is 11.3 Å². The zero-order valence-corrected chi connectivity index (χ0v) is 7.80. The zero-order chi connectivity index (χ0) is 8.81. The topological polar surface area (TPSA) is 56.3 Å². The third-order valence-electron chi connectivity index (χ3n) is 1.31. The summed E-state index contributed by atoms with van der Waals surface area (Å²) in [6.07, 6.45) is -0.242. The van der Waals surface area contributed by atoms with Gasteiger partial charge in [-0.2, -0.15) is 0 Å². The minimum atomic E-state index is -0.242. The molecule has 0 amide bonds. The number of rotatable bonds is 5. The van der Waals surface area contributed by atoms with E-state index in [-0.39, 0.29) is 6.29 Å². The van der Waals surface area contributed by atoms with Crippen LogP contribution in [-0.4, -0.2) is 37.3 Å². The lowest BCUT2D eigenvalue weighted by Crippen LogP contribution is -2.23. The molecule has 68 valence electrons. The van der Waals surface area contributed by atoms with Crippen molar-refractivity contribution in [1.82, 2.24) is 10.2 Å². The second-order valence-electron chi connectivity index (χ2n) is 2.03. The van der Waals surface area contributed by atoms with Crippen LogP contribution in [-0.2, 0) is 9.47 Å². The Bertz CT molecular complexity index is 201. The van der Waals surface area contributed by atoms with Crippen LogP contribution in [0.5, 0.6) is 0 Å². The second kappa shape index (κ2) is 5.02. The van der Waals surface area contributed by atoms with Crippen LogP contribution < -0.4 is 5.32 Å². The molecule has 12 heavy (non-hydrogen) atoms. The smallest absolute Gasteiger partial charge is 0.205 e. The van der Waals surface area contributed by atoms with Crippen LogP contribution in [0.4, 0.5) is 5.13 Å². The molecule has 0 radical (unpaired) electrons. The van der Waals surface area contributed by atoms with Gasteiger partial charge in [-0.1, -0.05) is 11.3 Å². The molecule has 0 aliphatic heterocycles. The van der Waals surface area contributed by atoms with Crippen molar-refractivity contribution in [1.29, 1.82) is 0 Å². The fourth-order valence-electron chi connectivity index (χ4n) is 0.684. The maximum atomic E-state index is 4.97. The summed E-state index contributed by atoms with van der Waals surface area (Å²) in [5.41, 5.74) is 1.66. The minimum absolute atomic E-state index is 0.242. The van der Waals surface area contributed by atoms with Crippen LogP contribution >= 0.6 is 11.3 Å². The normalized spacial score (nSPS) is 10.6. The van der Waals surface area contributed by atoms with Crippen molar-refractivity contribution in [2.24, 2.45) is 0 Å². The molecule has 0 aromatic carbocycles. The van der Waals surface area contributed by atoms with Gasteiger partial charge in [-0.15, -0.1) is 10.2 Å². The molecule has 0 unspecified atom stereocenters. The Balaban J connectivity index is 2.25. The van der Waals surface area contributed by atoms with E-state index < -0.39 is 0 Å². The van der Waals surface area contributed by atoms with E-state index in [9.17, 15) is 0 Å². The summed E-state index contributed by atoms with van der Waals surface area (Å²) < 4.78 is 9.94. The lowest BCUT2D eigenvalue weighted by atomic mass is 10.6. The summed E-state index contributed by atoms with van der Waals surface area (Å²) in [5.74, 6) is 0. The van der Waals surface area contributed by atoms with Gasteiger partial charge in [0.25, 0.3) is 0 Å². The highest BCUT2D eigenvalue weighted by Gasteiger charge is 2.04. The molecule has 0 fully saturated rings. The fourth-order valence-corrected chi connectivity index (χ4v) is 1.14. The van der Waals surface area contributed by atoms with Gasteiger partial charge in [-0.05, 0) is 0 Å². The summed E-state index contributed by atoms with van der Waals surface area (Å²) in [5, 5.41) is 11.3. The van der Waals surface area contributed by atoms with E-state index in [4.69, 9.17) is 9.47 Å². The Morgan fingerprint density at radius 2 is 2.33 bits per heavy atom. The lowest BCUT2D eigenvalue weighted by Gasteiger charge is -2.12. The molecular formula is C6H11N3O2S. The molecule has 1 aromatic heterocycles. The Morgan fingerprint density at radius 1 is 1.58 bits per heavy atom. The number of nitrogens with zero attached hydrogens (tertiary/aromatic N) is 2. The highest BCUT2D eigenvalue weighted by molar-refractivity contribution is 7.13. The van der Waals surface area contributed by atoms with E-state index in [2.05, 4.69) is 15.5 Å². The Kier molecular flexibility index (Phi) is 3.92. The number of methoxy groups -OCH3 is 2. The first-order chi connectivity index (χ1) is 5.86. The Labute approximate surface area is 74.7 Å². The molecule has 6 heteroatoms. The van der Waals surface area contributed by atoms with Gasteiger partial charge < -0.3 is 14.8 Å². The van der Waals surface area contributed by atoms with E-state index >= 15 is 0 Å². The minimum Gasteiger partial charge on any atom is -0.355 e. The van der Waals surface area contributed by atoms with Crippen LogP contribution in [0, 0.1) is 0 Å². The average molecular weight is 189 g/mol. The highest BCUT2D eigenvalue weighted by Crippen LogP contribution is 2.07. The second-order valence-corrected chi connectivity index (χ2v) is 2.86. The highest BCUT2D eigenvalue weighted by atomic mass is 32.1. The quantitative estimate of drug-likeness (QED) is 0.686. The third-order valence-corrected chi connectivity index (χ3v) is 1.95. The molecular weight excluding hydrogens is 178 g/mol. The van der Waals surface area contributed by atoms with Crippen molar-refractivity contribution in [3.05, 3.63) is 5.51 Å². The Morgan fingerprint density at radius 3 is 2.83 bits per heavy atom. The maximum Gasteiger partial charge on any atom is 0.205 e. The number of nitrogens with one attached hydrogen (secondary N) is 1. The monoisotopic (exact) mass is 189 g/mol. The first-order valence-corrected chi connectivity index (χ1v) is 4.30. The number of hydrogen-bond donors (Lipinski definition) is 1. The maximum absolute atomic E-state index is 4.97. The fraction of sp³-hybridized carbons (Fsp3) is 0.667. The van der Waals surface area contributed by atoms with Gasteiger partial charge >= 0.3 is 0 Å². The van der Waals surface area contributed by atoms with Gasteiger partial charge in [0, 0.05) is 14.2 Å². The largest absolute Gasteiger partial charge is 0.355 e. The number of aromatic nitrogens is 2. The number of hydrogen-bond acceptors (Lipinski definition) is 6. The number of ether oxygens (including phenoxy) is 2. The summed E-state index contributed by atoms with van der Waals surface area (Å²) in [6.45, 7) is 0.572. The van der Waals surface area contributed by atoms with Crippen LogP contribution in [0.1, 0.15) is 0 Å². The summed E-state index contributed by atoms with van der Waals surface area (Å²) in [7, 11) is 3.19. The molecule has 1 aromatic rings. The van der Waals surface area contributed by atoms with Crippen LogP contribution in [0.25, 0.3) is 0 Å². The van der Waals surface area contributed by atoms with E-state index in [1.807, 2.05) is 0 Å². The van der Waals surface area contributed by atoms with Gasteiger partial charge in [0.05, 0.1) is 6.54 Å². The van der Waals surface area contributed by atoms with Crippen LogP contribution in [0.2, 0.25) is 0 Å². The average Bonchev–Trinajstić information content (AvgIpc) is 2.59. The molecule has 0 aliphatic rings. The summed E-state index contributed by atoms with van der Waals surface area (Å²) in [6, 6.07) is 0. The molecule has 1 N–H and O–H groups in total. The van der Waals surface area contributed by atoms with E-state index in [0.29, 0.717) is 6.54 Å². The van der Waals surface area contributed by atoms with Gasteiger partial charge in [-0.25, -0.2) is 0 Å². The van der Waals surface area contributed by atoms with Crippen LogP contribution in [0.15, 0.2) is 5.51 Å². The van der Waals surface area contributed by atoms with Gasteiger partial charge in [-0.3, -0.25) is 0 Å². The van der Waals surface area contributed by atoms with Crippen molar-refractivity contribution < 1.29 is 9.47 Å². The van der Waals surface area contributed by atoms with Crippen LogP contribution in [0.3, 0.4) is 0 Å². The van der Waals surface area contributed by atoms with E-state index in [0.717, 1.165) is 5.13 Å². The molecule has 0 saturated heterocycles. The predicted molar refractivity (Wildman–Crippen MR) is 46.2 cm³/mol. The van der Waals surface area contributed by atoms with Gasteiger partial charge in [0.2, 0.25) is 5.13 Å². The van der Waals surface area contributed by atoms with Gasteiger partial charge in [0.1, 0.15) is 5.51 Å². The molecule has 0 atom stereocenters. The Hall–Kier alpha value is -0.720. The van der Waals surface area contributed by atoms with Crippen molar-refractivity contribution in [3.63, 3.8) is 0 Å².